The lowest BCUT2D eigenvalue weighted by molar-refractivity contribution is 0.0594. The third-order valence-corrected chi connectivity index (χ3v) is 2.94. The molecule has 92 valence electrons. The summed E-state index contributed by atoms with van der Waals surface area (Å²) in [5.74, 6) is 3.96. The predicted octanol–water partition coefficient (Wildman–Crippen LogP) is 1.26. The van der Waals surface area contributed by atoms with E-state index in [-0.39, 0.29) is 5.97 Å². The minimum absolute atomic E-state index is 0.346. The number of carbonyl (C=O) groups is 1. The van der Waals surface area contributed by atoms with E-state index in [4.69, 9.17) is 6.42 Å². The third-order valence-electron chi connectivity index (χ3n) is 2.08. The van der Waals surface area contributed by atoms with Crippen molar-refractivity contribution in [3.8, 4) is 12.3 Å². The smallest absolute Gasteiger partial charge is 0.354 e. The van der Waals surface area contributed by atoms with Gasteiger partial charge in [0.25, 0.3) is 0 Å². The molecule has 4 nitrogen and oxygen atoms in total. The molecule has 1 heterocycles. The zero-order valence-corrected chi connectivity index (χ0v) is 10.6. The van der Waals surface area contributed by atoms with Crippen molar-refractivity contribution in [1.29, 1.82) is 0 Å². The number of rotatable bonds is 7. The standard InChI is InChI=1S/C12H16N2O2S/c1-3-7-17-8-6-13-9-10-4-5-11(14-10)12(15)16-2/h1,4-5,13-14H,6-9H2,2H3. The van der Waals surface area contributed by atoms with E-state index in [1.54, 1.807) is 17.8 Å². The highest BCUT2D eigenvalue weighted by Crippen LogP contribution is 2.03. The van der Waals surface area contributed by atoms with Crippen molar-refractivity contribution in [2.24, 2.45) is 0 Å². The second-order valence-electron chi connectivity index (χ2n) is 3.32. The summed E-state index contributed by atoms with van der Waals surface area (Å²) in [4.78, 5) is 14.2. The van der Waals surface area contributed by atoms with Gasteiger partial charge < -0.3 is 15.0 Å². The van der Waals surface area contributed by atoms with Crippen LogP contribution in [0, 0.1) is 12.3 Å². The summed E-state index contributed by atoms with van der Waals surface area (Å²) in [6.07, 6.45) is 5.14. The summed E-state index contributed by atoms with van der Waals surface area (Å²) in [6.45, 7) is 1.59. The van der Waals surface area contributed by atoms with E-state index >= 15 is 0 Å². The highest BCUT2D eigenvalue weighted by molar-refractivity contribution is 7.99. The molecule has 2 N–H and O–H groups in total. The van der Waals surface area contributed by atoms with E-state index in [0.29, 0.717) is 12.2 Å². The summed E-state index contributed by atoms with van der Waals surface area (Å²) in [7, 11) is 1.36. The fraction of sp³-hybridized carbons (Fsp3) is 0.417. The molecule has 0 atom stereocenters. The number of methoxy groups -OCH3 is 1. The molecule has 1 aromatic rings. The number of hydrogen-bond donors (Lipinski definition) is 2. The van der Waals surface area contributed by atoms with Crippen LogP contribution < -0.4 is 5.32 Å². The van der Waals surface area contributed by atoms with Crippen LogP contribution in [0.3, 0.4) is 0 Å². The van der Waals surface area contributed by atoms with Crippen molar-refractivity contribution < 1.29 is 9.53 Å². The minimum atomic E-state index is -0.346. The van der Waals surface area contributed by atoms with Crippen LogP contribution in [0.1, 0.15) is 16.2 Å². The maximum absolute atomic E-state index is 11.2. The monoisotopic (exact) mass is 252 g/mol. The largest absolute Gasteiger partial charge is 0.464 e. The van der Waals surface area contributed by atoms with Crippen molar-refractivity contribution in [3.05, 3.63) is 23.5 Å². The van der Waals surface area contributed by atoms with Gasteiger partial charge in [-0.05, 0) is 12.1 Å². The van der Waals surface area contributed by atoms with Gasteiger partial charge in [0.05, 0.1) is 12.9 Å². The van der Waals surface area contributed by atoms with Crippen molar-refractivity contribution in [3.63, 3.8) is 0 Å². The van der Waals surface area contributed by atoms with Crippen molar-refractivity contribution in [2.75, 3.05) is 25.2 Å². The summed E-state index contributed by atoms with van der Waals surface area (Å²) in [5, 5.41) is 3.26. The lowest BCUT2D eigenvalue weighted by atomic mass is 10.4. The van der Waals surface area contributed by atoms with Crippen LogP contribution in [0.2, 0.25) is 0 Å². The Kier molecular flexibility index (Phi) is 6.30. The zero-order chi connectivity index (χ0) is 12.5. The first-order valence-electron chi connectivity index (χ1n) is 5.26. The second kappa shape index (κ2) is 7.82. The molecule has 0 amide bonds. The number of esters is 1. The van der Waals surface area contributed by atoms with Crippen molar-refractivity contribution in [2.45, 2.75) is 6.54 Å². The number of ether oxygens (including phenoxy) is 1. The lowest BCUT2D eigenvalue weighted by Crippen LogP contribution is -2.17. The van der Waals surface area contributed by atoms with E-state index in [0.717, 1.165) is 23.7 Å². The van der Waals surface area contributed by atoms with E-state index in [1.807, 2.05) is 6.07 Å². The average Bonchev–Trinajstić information content (AvgIpc) is 2.81. The molecule has 0 saturated heterocycles. The van der Waals surface area contributed by atoms with E-state index in [2.05, 4.69) is 21.0 Å². The summed E-state index contributed by atoms with van der Waals surface area (Å²) < 4.78 is 4.61. The molecule has 0 aromatic carbocycles. The SMILES string of the molecule is C#CCSCCNCc1ccc(C(=O)OC)[nH]1. The van der Waals surface area contributed by atoms with Gasteiger partial charge in [0.1, 0.15) is 5.69 Å². The van der Waals surface area contributed by atoms with Crippen molar-refractivity contribution in [1.82, 2.24) is 10.3 Å². The molecule has 0 spiro atoms. The van der Waals surface area contributed by atoms with Crippen LogP contribution in [-0.4, -0.2) is 36.1 Å². The maximum Gasteiger partial charge on any atom is 0.354 e. The highest BCUT2D eigenvalue weighted by Gasteiger charge is 2.07. The lowest BCUT2D eigenvalue weighted by Gasteiger charge is -2.02. The number of hydrogen-bond acceptors (Lipinski definition) is 4. The number of aromatic nitrogens is 1. The van der Waals surface area contributed by atoms with Gasteiger partial charge in [0, 0.05) is 24.5 Å². The fourth-order valence-corrected chi connectivity index (χ4v) is 1.82. The molecule has 0 aliphatic carbocycles. The van der Waals surface area contributed by atoms with Gasteiger partial charge in [-0.3, -0.25) is 0 Å². The first kappa shape index (κ1) is 13.7. The van der Waals surface area contributed by atoms with Gasteiger partial charge >= 0.3 is 5.97 Å². The molecule has 0 bridgehead atoms. The fourth-order valence-electron chi connectivity index (χ4n) is 1.27. The van der Waals surface area contributed by atoms with Gasteiger partial charge in [-0.2, -0.15) is 0 Å². The molecule has 5 heteroatoms. The average molecular weight is 252 g/mol. The Morgan fingerprint density at radius 3 is 3.18 bits per heavy atom. The number of carbonyl (C=O) groups excluding carboxylic acids is 1. The van der Waals surface area contributed by atoms with Crippen LogP contribution in [0.4, 0.5) is 0 Å². The predicted molar refractivity (Wildman–Crippen MR) is 70.0 cm³/mol. The van der Waals surface area contributed by atoms with Crippen LogP contribution in [0.25, 0.3) is 0 Å². The minimum Gasteiger partial charge on any atom is -0.464 e. The van der Waals surface area contributed by atoms with Crippen LogP contribution in [0.5, 0.6) is 0 Å². The Hall–Kier alpha value is -1.38. The Morgan fingerprint density at radius 1 is 1.65 bits per heavy atom. The quantitative estimate of drug-likeness (QED) is 0.436. The molecule has 0 radical (unpaired) electrons. The summed E-state index contributed by atoms with van der Waals surface area (Å²) in [5.41, 5.74) is 1.44. The third kappa shape index (κ3) is 4.98. The van der Waals surface area contributed by atoms with E-state index in [9.17, 15) is 4.79 Å². The molecular weight excluding hydrogens is 236 g/mol. The number of nitrogens with one attached hydrogen (secondary N) is 2. The Bertz CT molecular complexity index is 395. The first-order valence-corrected chi connectivity index (χ1v) is 6.41. The van der Waals surface area contributed by atoms with Crippen LogP contribution in [0.15, 0.2) is 12.1 Å². The number of thioether (sulfide) groups is 1. The molecule has 1 aromatic heterocycles. The normalized spacial score (nSPS) is 9.88. The second-order valence-corrected chi connectivity index (χ2v) is 4.43. The van der Waals surface area contributed by atoms with E-state index in [1.165, 1.54) is 7.11 Å². The molecule has 0 aliphatic heterocycles. The molecule has 0 fully saturated rings. The molecule has 0 saturated carbocycles. The molecule has 1 rings (SSSR count). The Morgan fingerprint density at radius 2 is 2.47 bits per heavy atom. The Balaban J connectivity index is 2.21. The number of terminal acetylenes is 1. The summed E-state index contributed by atoms with van der Waals surface area (Å²) >= 11 is 1.72. The maximum atomic E-state index is 11.2. The van der Waals surface area contributed by atoms with Gasteiger partial charge in [-0.1, -0.05) is 5.92 Å². The molecular formula is C12H16N2O2S. The topological polar surface area (TPSA) is 54.1 Å². The summed E-state index contributed by atoms with van der Waals surface area (Å²) in [6, 6.07) is 3.59. The number of H-pyrrole nitrogens is 1. The molecule has 0 aliphatic rings. The van der Waals surface area contributed by atoms with Crippen LogP contribution in [-0.2, 0) is 11.3 Å². The van der Waals surface area contributed by atoms with Gasteiger partial charge in [-0.15, -0.1) is 18.2 Å². The number of aromatic amines is 1. The van der Waals surface area contributed by atoms with Gasteiger partial charge in [0.2, 0.25) is 0 Å². The van der Waals surface area contributed by atoms with Gasteiger partial charge in [-0.25, -0.2) is 4.79 Å². The first-order chi connectivity index (χ1) is 8.27. The molecule has 17 heavy (non-hydrogen) atoms. The Labute approximate surface area is 106 Å². The van der Waals surface area contributed by atoms with Crippen LogP contribution >= 0.6 is 11.8 Å². The van der Waals surface area contributed by atoms with Crippen molar-refractivity contribution >= 4 is 17.7 Å². The van der Waals surface area contributed by atoms with E-state index < -0.39 is 0 Å². The van der Waals surface area contributed by atoms with Gasteiger partial charge in [0.15, 0.2) is 0 Å². The zero-order valence-electron chi connectivity index (χ0n) is 9.79. The highest BCUT2D eigenvalue weighted by atomic mass is 32.2. The molecule has 0 unspecified atom stereocenters.